The summed E-state index contributed by atoms with van der Waals surface area (Å²) in [6.45, 7) is 3.31. The Morgan fingerprint density at radius 2 is 1.83 bits per heavy atom. The molecule has 2 heterocycles. The van der Waals surface area contributed by atoms with Crippen molar-refractivity contribution < 1.29 is 9.59 Å². The molecule has 0 atom stereocenters. The average Bonchev–Trinajstić information content (AvgIpc) is 3.22. The number of nitrogens with one attached hydrogen (secondary N) is 2. The second-order valence-corrected chi connectivity index (χ2v) is 7.97. The number of rotatable bonds is 6. The number of likely N-dealkylation sites (tertiary alicyclic amines) is 1. The Bertz CT molecular complexity index is 1020. The van der Waals surface area contributed by atoms with Gasteiger partial charge >= 0.3 is 0 Å². The number of hydrogen-bond acceptors (Lipinski definition) is 3. The van der Waals surface area contributed by atoms with E-state index in [0.29, 0.717) is 31.6 Å². The number of anilines is 1. The van der Waals surface area contributed by atoms with Gasteiger partial charge in [0.2, 0.25) is 5.91 Å². The van der Waals surface area contributed by atoms with Crippen molar-refractivity contribution in [1.82, 2.24) is 15.1 Å². The van der Waals surface area contributed by atoms with Crippen LogP contribution in [0.15, 0.2) is 48.5 Å². The summed E-state index contributed by atoms with van der Waals surface area (Å²) in [5.41, 5.74) is 3.45. The van der Waals surface area contributed by atoms with Crippen LogP contribution >= 0.6 is 0 Å². The van der Waals surface area contributed by atoms with Crippen LogP contribution in [0.2, 0.25) is 0 Å². The number of amides is 2. The topological polar surface area (TPSA) is 78.1 Å². The van der Waals surface area contributed by atoms with Crippen LogP contribution in [0.4, 0.5) is 5.69 Å². The SMILES string of the molecule is CCCCc1ccc(NC(=O)C2CCN(C(=O)c3n[nH]c4ccccc34)CC2)cc1. The second-order valence-electron chi connectivity index (χ2n) is 7.97. The summed E-state index contributed by atoms with van der Waals surface area (Å²) in [7, 11) is 0. The number of carbonyl (C=O) groups is 2. The van der Waals surface area contributed by atoms with Gasteiger partial charge in [-0.1, -0.05) is 43.7 Å². The molecule has 0 saturated carbocycles. The highest BCUT2D eigenvalue weighted by molar-refractivity contribution is 6.04. The van der Waals surface area contributed by atoms with Gasteiger partial charge in [0.05, 0.1) is 5.52 Å². The number of aromatic nitrogens is 2. The fourth-order valence-electron chi connectivity index (χ4n) is 4.00. The molecule has 0 bridgehead atoms. The number of aryl methyl sites for hydroxylation is 1. The third-order valence-corrected chi connectivity index (χ3v) is 5.87. The first-order valence-electron chi connectivity index (χ1n) is 10.8. The molecule has 156 valence electrons. The van der Waals surface area contributed by atoms with Gasteiger partial charge in [-0.3, -0.25) is 14.7 Å². The summed E-state index contributed by atoms with van der Waals surface area (Å²) in [5.74, 6) is -0.118. The molecule has 0 radical (unpaired) electrons. The summed E-state index contributed by atoms with van der Waals surface area (Å²) < 4.78 is 0. The smallest absolute Gasteiger partial charge is 0.274 e. The zero-order valence-corrected chi connectivity index (χ0v) is 17.4. The van der Waals surface area contributed by atoms with Crippen LogP contribution in [0.5, 0.6) is 0 Å². The molecule has 2 N–H and O–H groups in total. The highest BCUT2D eigenvalue weighted by Crippen LogP contribution is 2.23. The Morgan fingerprint density at radius 3 is 2.57 bits per heavy atom. The number of benzene rings is 2. The third-order valence-electron chi connectivity index (χ3n) is 5.87. The van der Waals surface area contributed by atoms with Crippen LogP contribution in [0.1, 0.15) is 48.7 Å². The molecule has 30 heavy (non-hydrogen) atoms. The van der Waals surface area contributed by atoms with E-state index in [4.69, 9.17) is 0 Å². The fraction of sp³-hybridized carbons (Fsp3) is 0.375. The molecule has 1 saturated heterocycles. The first-order valence-corrected chi connectivity index (χ1v) is 10.8. The van der Waals surface area contributed by atoms with Gasteiger partial charge in [0, 0.05) is 30.1 Å². The van der Waals surface area contributed by atoms with Crippen molar-refractivity contribution in [2.24, 2.45) is 5.92 Å². The van der Waals surface area contributed by atoms with Gasteiger partial charge in [-0.2, -0.15) is 5.10 Å². The highest BCUT2D eigenvalue weighted by Gasteiger charge is 2.29. The van der Waals surface area contributed by atoms with Crippen molar-refractivity contribution in [3.63, 3.8) is 0 Å². The van der Waals surface area contributed by atoms with Crippen molar-refractivity contribution >= 4 is 28.4 Å². The van der Waals surface area contributed by atoms with Gasteiger partial charge in [0.1, 0.15) is 0 Å². The Hall–Kier alpha value is -3.15. The predicted molar refractivity (Wildman–Crippen MR) is 118 cm³/mol. The first-order chi connectivity index (χ1) is 14.7. The lowest BCUT2D eigenvalue weighted by atomic mass is 9.95. The third kappa shape index (κ3) is 4.37. The standard InChI is InChI=1S/C24H28N4O2/c1-2-3-6-17-9-11-19(12-10-17)25-23(29)18-13-15-28(16-14-18)24(30)22-20-7-4-5-8-21(20)26-27-22/h4-5,7-12,18H,2-3,6,13-16H2,1H3,(H,25,29)(H,26,27). The molecule has 2 aromatic carbocycles. The zero-order chi connectivity index (χ0) is 20.9. The molecule has 1 aromatic heterocycles. The molecule has 1 aliphatic rings. The minimum atomic E-state index is -0.0789. The summed E-state index contributed by atoms with van der Waals surface area (Å²) in [6.07, 6.45) is 4.75. The van der Waals surface area contributed by atoms with E-state index >= 15 is 0 Å². The zero-order valence-electron chi connectivity index (χ0n) is 17.4. The molecule has 3 aromatic rings. The predicted octanol–water partition coefficient (Wildman–Crippen LogP) is 4.40. The summed E-state index contributed by atoms with van der Waals surface area (Å²) in [4.78, 5) is 27.4. The lowest BCUT2D eigenvalue weighted by Crippen LogP contribution is -2.41. The van der Waals surface area contributed by atoms with Gasteiger partial charge in [0.25, 0.3) is 5.91 Å². The van der Waals surface area contributed by atoms with E-state index in [1.54, 1.807) is 4.90 Å². The number of fused-ring (bicyclic) bond motifs is 1. The molecule has 4 rings (SSSR count). The number of piperidine rings is 1. The lowest BCUT2D eigenvalue weighted by Gasteiger charge is -2.31. The maximum Gasteiger partial charge on any atom is 0.274 e. The van der Waals surface area contributed by atoms with Crippen LogP contribution in [-0.2, 0) is 11.2 Å². The summed E-state index contributed by atoms with van der Waals surface area (Å²) in [5, 5.41) is 11.0. The van der Waals surface area contributed by atoms with E-state index in [2.05, 4.69) is 34.6 Å². The molecule has 0 spiro atoms. The molecule has 0 unspecified atom stereocenters. The van der Waals surface area contributed by atoms with E-state index in [9.17, 15) is 9.59 Å². The van der Waals surface area contributed by atoms with Gasteiger partial charge in [-0.15, -0.1) is 0 Å². The average molecular weight is 405 g/mol. The molecule has 2 amide bonds. The second kappa shape index (κ2) is 9.11. The van der Waals surface area contributed by atoms with Crippen molar-refractivity contribution in [3.8, 4) is 0 Å². The van der Waals surface area contributed by atoms with Gasteiger partial charge in [-0.05, 0) is 49.4 Å². The molecular formula is C24H28N4O2. The number of hydrogen-bond donors (Lipinski definition) is 2. The minimum absolute atomic E-state index is 0.0358. The highest BCUT2D eigenvalue weighted by atomic mass is 16.2. The molecule has 1 aliphatic heterocycles. The Labute approximate surface area is 176 Å². The molecule has 6 heteroatoms. The Morgan fingerprint density at radius 1 is 1.10 bits per heavy atom. The lowest BCUT2D eigenvalue weighted by molar-refractivity contribution is -0.121. The molecule has 1 fully saturated rings. The largest absolute Gasteiger partial charge is 0.337 e. The molecular weight excluding hydrogens is 376 g/mol. The van der Waals surface area contributed by atoms with Crippen LogP contribution < -0.4 is 5.32 Å². The van der Waals surface area contributed by atoms with E-state index in [1.165, 1.54) is 18.4 Å². The number of H-pyrrole nitrogens is 1. The minimum Gasteiger partial charge on any atom is -0.337 e. The Kier molecular flexibility index (Phi) is 6.12. The maximum absolute atomic E-state index is 12.9. The van der Waals surface area contributed by atoms with Gasteiger partial charge in [-0.25, -0.2) is 0 Å². The number of para-hydroxylation sites is 1. The van der Waals surface area contributed by atoms with Gasteiger partial charge < -0.3 is 10.2 Å². The quantitative estimate of drug-likeness (QED) is 0.639. The van der Waals surface area contributed by atoms with Gasteiger partial charge in [0.15, 0.2) is 5.69 Å². The van der Waals surface area contributed by atoms with Crippen LogP contribution in [0.25, 0.3) is 10.9 Å². The maximum atomic E-state index is 12.9. The van der Waals surface area contributed by atoms with Crippen LogP contribution in [0.3, 0.4) is 0 Å². The van der Waals surface area contributed by atoms with Crippen LogP contribution in [0, 0.1) is 5.92 Å². The van der Waals surface area contributed by atoms with E-state index in [0.717, 1.165) is 23.0 Å². The normalized spacial score (nSPS) is 14.8. The van der Waals surface area contributed by atoms with Crippen molar-refractivity contribution in [2.45, 2.75) is 39.0 Å². The summed E-state index contributed by atoms with van der Waals surface area (Å²) in [6, 6.07) is 15.8. The van der Waals surface area contributed by atoms with Crippen LogP contribution in [-0.4, -0.2) is 40.0 Å². The summed E-state index contributed by atoms with van der Waals surface area (Å²) >= 11 is 0. The first kappa shape index (κ1) is 20.1. The van der Waals surface area contributed by atoms with E-state index in [-0.39, 0.29) is 17.7 Å². The molecule has 6 nitrogen and oxygen atoms in total. The van der Waals surface area contributed by atoms with E-state index in [1.807, 2.05) is 36.4 Å². The number of aromatic amines is 1. The van der Waals surface area contributed by atoms with Crippen molar-refractivity contribution in [2.75, 3.05) is 18.4 Å². The van der Waals surface area contributed by atoms with Crippen molar-refractivity contribution in [1.29, 1.82) is 0 Å². The monoisotopic (exact) mass is 404 g/mol. The number of nitrogens with zero attached hydrogens (tertiary/aromatic N) is 2. The number of unbranched alkanes of at least 4 members (excludes halogenated alkanes) is 1. The molecule has 0 aliphatic carbocycles. The van der Waals surface area contributed by atoms with Crippen molar-refractivity contribution in [3.05, 3.63) is 59.8 Å². The number of carbonyl (C=O) groups excluding carboxylic acids is 2. The van der Waals surface area contributed by atoms with E-state index < -0.39 is 0 Å². The fourth-order valence-corrected chi connectivity index (χ4v) is 4.00. The Balaban J connectivity index is 1.31.